The van der Waals surface area contributed by atoms with Gasteiger partial charge in [-0.15, -0.1) is 36.2 Å². The van der Waals surface area contributed by atoms with Crippen molar-refractivity contribution in [2.75, 3.05) is 19.6 Å². The van der Waals surface area contributed by atoms with Crippen LogP contribution in [0.15, 0.2) is 34.1 Å². The molecule has 132 valence electrons. The number of benzene rings is 1. The summed E-state index contributed by atoms with van der Waals surface area (Å²) in [6, 6.07) is 8.32. The second-order valence-electron chi connectivity index (χ2n) is 5.47. The number of nitrogens with one attached hydrogen (secondary N) is 1. The molecule has 1 aromatic carbocycles. The Kier molecular flexibility index (Phi) is 8.67. The van der Waals surface area contributed by atoms with Gasteiger partial charge in [0.1, 0.15) is 5.01 Å². The highest BCUT2D eigenvalue weighted by Gasteiger charge is 2.23. The number of nitrogens with zero attached hydrogens (tertiary/aromatic N) is 2. The topological polar surface area (TPSA) is 45.2 Å². The van der Waals surface area contributed by atoms with E-state index in [0.717, 1.165) is 40.4 Å². The Labute approximate surface area is 167 Å². The lowest BCUT2D eigenvalue weighted by atomic mass is 10.2. The number of hydrogen-bond acceptors (Lipinski definition) is 4. The summed E-state index contributed by atoms with van der Waals surface area (Å²) in [6.45, 7) is 4.60. The predicted octanol–water partition coefficient (Wildman–Crippen LogP) is 3.78. The zero-order chi connectivity index (χ0) is 15.5. The molecule has 1 fully saturated rings. The highest BCUT2D eigenvalue weighted by molar-refractivity contribution is 9.10. The molecular formula is C16H20BrCl2N3OS. The Morgan fingerprint density at radius 3 is 2.96 bits per heavy atom. The maximum absolute atomic E-state index is 12.4. The van der Waals surface area contributed by atoms with Gasteiger partial charge in [-0.1, -0.05) is 28.1 Å². The summed E-state index contributed by atoms with van der Waals surface area (Å²) in [4.78, 5) is 19.0. The summed E-state index contributed by atoms with van der Waals surface area (Å²) in [6.07, 6.45) is 0.384. The minimum atomic E-state index is 0. The zero-order valence-corrected chi connectivity index (χ0v) is 17.2. The standard InChI is InChI=1S/C16H18BrN3OS.2ClH/c1-11-9-18-5-6-20(11)15(21)8-14-10-22-16(19-14)12-3-2-4-13(17)7-12;;/h2-4,7,10-11,18H,5-6,8-9H2,1H3;2*1H/t11-;;/m1../s1. The van der Waals surface area contributed by atoms with Crippen molar-refractivity contribution in [1.82, 2.24) is 15.2 Å². The van der Waals surface area contributed by atoms with Gasteiger partial charge in [0.05, 0.1) is 12.1 Å². The van der Waals surface area contributed by atoms with E-state index < -0.39 is 0 Å². The van der Waals surface area contributed by atoms with E-state index in [4.69, 9.17) is 0 Å². The molecule has 24 heavy (non-hydrogen) atoms. The van der Waals surface area contributed by atoms with Crippen molar-refractivity contribution >= 4 is 58.0 Å². The molecule has 0 spiro atoms. The predicted molar refractivity (Wildman–Crippen MR) is 107 cm³/mol. The SMILES string of the molecule is C[C@@H]1CNCCN1C(=O)Cc1csc(-c2cccc(Br)c2)n1.Cl.Cl. The van der Waals surface area contributed by atoms with Gasteiger partial charge in [0.25, 0.3) is 0 Å². The molecule has 1 aliphatic heterocycles. The molecular weight excluding hydrogens is 433 g/mol. The molecule has 0 radical (unpaired) electrons. The second kappa shape index (κ2) is 9.73. The lowest BCUT2D eigenvalue weighted by Crippen LogP contribution is -2.52. The molecule has 1 saturated heterocycles. The summed E-state index contributed by atoms with van der Waals surface area (Å²) in [5.41, 5.74) is 1.93. The molecule has 0 bridgehead atoms. The number of carbonyl (C=O) groups is 1. The van der Waals surface area contributed by atoms with Crippen LogP contribution in [0.5, 0.6) is 0 Å². The smallest absolute Gasteiger partial charge is 0.228 e. The van der Waals surface area contributed by atoms with E-state index in [2.05, 4.69) is 33.2 Å². The quantitative estimate of drug-likeness (QED) is 0.770. The van der Waals surface area contributed by atoms with Gasteiger partial charge in [-0.25, -0.2) is 4.98 Å². The molecule has 1 aromatic heterocycles. The number of halogens is 3. The number of carbonyl (C=O) groups excluding carboxylic acids is 1. The Morgan fingerprint density at radius 1 is 1.46 bits per heavy atom. The van der Waals surface area contributed by atoms with Crippen molar-refractivity contribution in [3.8, 4) is 10.6 Å². The molecule has 0 aliphatic carbocycles. The Balaban J connectivity index is 0.00000144. The molecule has 1 amide bonds. The summed E-state index contributed by atoms with van der Waals surface area (Å²) >= 11 is 5.06. The van der Waals surface area contributed by atoms with Crippen molar-refractivity contribution in [2.24, 2.45) is 0 Å². The third kappa shape index (κ3) is 5.17. The molecule has 1 N–H and O–H groups in total. The minimum Gasteiger partial charge on any atom is -0.337 e. The second-order valence-corrected chi connectivity index (χ2v) is 7.25. The summed E-state index contributed by atoms with van der Waals surface area (Å²) in [5, 5.41) is 6.25. The summed E-state index contributed by atoms with van der Waals surface area (Å²) in [7, 11) is 0. The number of rotatable bonds is 3. The van der Waals surface area contributed by atoms with Gasteiger partial charge in [0.15, 0.2) is 0 Å². The van der Waals surface area contributed by atoms with Crippen LogP contribution >= 0.6 is 52.1 Å². The number of thiazole rings is 1. The molecule has 3 rings (SSSR count). The van der Waals surface area contributed by atoms with Crippen LogP contribution in [0.2, 0.25) is 0 Å². The lowest BCUT2D eigenvalue weighted by Gasteiger charge is -2.33. The highest BCUT2D eigenvalue weighted by Crippen LogP contribution is 2.26. The Bertz CT molecular complexity index is 683. The molecule has 0 unspecified atom stereocenters. The highest BCUT2D eigenvalue weighted by atomic mass is 79.9. The van der Waals surface area contributed by atoms with E-state index in [0.29, 0.717) is 6.42 Å². The monoisotopic (exact) mass is 451 g/mol. The van der Waals surface area contributed by atoms with Crippen molar-refractivity contribution in [2.45, 2.75) is 19.4 Å². The van der Waals surface area contributed by atoms with Gasteiger partial charge in [-0.05, 0) is 19.1 Å². The van der Waals surface area contributed by atoms with E-state index in [1.807, 2.05) is 34.5 Å². The fourth-order valence-corrected chi connectivity index (χ4v) is 3.83. The lowest BCUT2D eigenvalue weighted by molar-refractivity contribution is -0.133. The van der Waals surface area contributed by atoms with Gasteiger partial charge in [0, 0.05) is 41.1 Å². The molecule has 1 atom stereocenters. The average Bonchev–Trinajstić information content (AvgIpc) is 2.96. The maximum Gasteiger partial charge on any atom is 0.228 e. The van der Waals surface area contributed by atoms with Crippen LogP contribution in [-0.4, -0.2) is 41.5 Å². The average molecular weight is 453 g/mol. The number of hydrogen-bond donors (Lipinski definition) is 1. The molecule has 2 aromatic rings. The molecule has 2 heterocycles. The number of amides is 1. The number of aromatic nitrogens is 1. The van der Waals surface area contributed by atoms with Crippen LogP contribution in [0.3, 0.4) is 0 Å². The first-order valence-corrected chi connectivity index (χ1v) is 9.01. The molecule has 0 saturated carbocycles. The van der Waals surface area contributed by atoms with Crippen LogP contribution in [0.25, 0.3) is 10.6 Å². The van der Waals surface area contributed by atoms with Gasteiger partial charge < -0.3 is 10.2 Å². The van der Waals surface area contributed by atoms with Crippen LogP contribution in [0.1, 0.15) is 12.6 Å². The van der Waals surface area contributed by atoms with Crippen LogP contribution in [0.4, 0.5) is 0 Å². The van der Waals surface area contributed by atoms with Gasteiger partial charge >= 0.3 is 0 Å². The van der Waals surface area contributed by atoms with Crippen molar-refractivity contribution < 1.29 is 4.79 Å². The normalized spacial score (nSPS) is 16.9. The third-order valence-corrected chi connectivity index (χ3v) is 5.21. The number of piperazine rings is 1. The zero-order valence-electron chi connectivity index (χ0n) is 13.2. The molecule has 4 nitrogen and oxygen atoms in total. The molecule has 8 heteroatoms. The third-order valence-electron chi connectivity index (χ3n) is 3.78. The van der Waals surface area contributed by atoms with Gasteiger partial charge in [-0.2, -0.15) is 0 Å². The largest absolute Gasteiger partial charge is 0.337 e. The van der Waals surface area contributed by atoms with Crippen LogP contribution < -0.4 is 5.32 Å². The summed E-state index contributed by atoms with van der Waals surface area (Å²) in [5.74, 6) is 0.167. The first-order chi connectivity index (χ1) is 10.6. The van der Waals surface area contributed by atoms with Crippen molar-refractivity contribution in [1.29, 1.82) is 0 Å². The summed E-state index contributed by atoms with van der Waals surface area (Å²) < 4.78 is 1.03. The van der Waals surface area contributed by atoms with Crippen molar-refractivity contribution in [3.05, 3.63) is 39.8 Å². The fourth-order valence-electron chi connectivity index (χ4n) is 2.61. The van der Waals surface area contributed by atoms with E-state index in [9.17, 15) is 4.79 Å². The van der Waals surface area contributed by atoms with E-state index in [1.165, 1.54) is 0 Å². The van der Waals surface area contributed by atoms with Gasteiger partial charge in [-0.3, -0.25) is 4.79 Å². The Hall–Kier alpha value is -0.660. The Morgan fingerprint density at radius 2 is 2.25 bits per heavy atom. The fraction of sp³-hybridized carbons (Fsp3) is 0.375. The van der Waals surface area contributed by atoms with Crippen molar-refractivity contribution in [3.63, 3.8) is 0 Å². The molecule has 1 aliphatic rings. The minimum absolute atomic E-state index is 0. The van der Waals surface area contributed by atoms with E-state index in [-0.39, 0.29) is 36.8 Å². The van der Waals surface area contributed by atoms with Gasteiger partial charge in [0.2, 0.25) is 5.91 Å². The van der Waals surface area contributed by atoms with E-state index in [1.54, 1.807) is 11.3 Å². The maximum atomic E-state index is 12.4. The first-order valence-electron chi connectivity index (χ1n) is 7.34. The van der Waals surface area contributed by atoms with Crippen LogP contribution in [0, 0.1) is 0 Å². The van der Waals surface area contributed by atoms with Crippen LogP contribution in [-0.2, 0) is 11.2 Å². The first kappa shape index (κ1) is 21.4. The van der Waals surface area contributed by atoms with E-state index >= 15 is 0 Å².